The van der Waals surface area contributed by atoms with E-state index in [0.717, 1.165) is 16.4 Å². The highest BCUT2D eigenvalue weighted by Crippen LogP contribution is 2.28. The Labute approximate surface area is 124 Å². The molecule has 1 saturated heterocycles. The zero-order valence-corrected chi connectivity index (χ0v) is 13.4. The van der Waals surface area contributed by atoms with Crippen LogP contribution in [0.2, 0.25) is 0 Å². The first-order chi connectivity index (χ1) is 9.13. The third-order valence-corrected chi connectivity index (χ3v) is 7.18. The molecule has 0 radical (unpaired) electrons. The number of anilines is 1. The Morgan fingerprint density at radius 2 is 1.80 bits per heavy atom. The van der Waals surface area contributed by atoms with Crippen molar-refractivity contribution in [2.75, 3.05) is 30.3 Å². The van der Waals surface area contributed by atoms with Crippen molar-refractivity contribution in [3.63, 3.8) is 0 Å². The molecule has 2 rings (SSSR count). The lowest BCUT2D eigenvalue weighted by Gasteiger charge is -2.26. The summed E-state index contributed by atoms with van der Waals surface area (Å²) in [5.41, 5.74) is 5.66. The maximum absolute atomic E-state index is 13.8. The molecule has 1 aliphatic heterocycles. The molecule has 112 valence electrons. The smallest absolute Gasteiger partial charge is 0.246 e. The molecular weight excluding hydrogens is 375 g/mol. The van der Waals surface area contributed by atoms with E-state index < -0.39 is 30.6 Å². The summed E-state index contributed by atoms with van der Waals surface area (Å²) in [5, 5.41) is 0. The number of hydrogen-bond acceptors (Lipinski definition) is 5. The van der Waals surface area contributed by atoms with Gasteiger partial charge < -0.3 is 5.73 Å². The highest BCUT2D eigenvalue weighted by molar-refractivity contribution is 9.10. The predicted octanol–water partition coefficient (Wildman–Crippen LogP) is 0.590. The molecule has 0 aromatic heterocycles. The van der Waals surface area contributed by atoms with Gasteiger partial charge in [-0.05, 0) is 28.1 Å². The van der Waals surface area contributed by atoms with Gasteiger partial charge in [-0.25, -0.2) is 21.2 Å². The summed E-state index contributed by atoms with van der Waals surface area (Å²) in [6.45, 7) is -0.361. The van der Waals surface area contributed by atoms with Crippen LogP contribution in [0.4, 0.5) is 10.1 Å². The Kier molecular flexibility index (Phi) is 4.11. The lowest BCUT2D eigenvalue weighted by Crippen LogP contribution is -2.43. The standard InChI is InChI=1S/C10H12BrFN2O4S2/c11-7-5-8(12)10(6-9(7)13)20(17,18)14-1-3-19(15,16)4-2-14/h5-6H,1-4,13H2. The van der Waals surface area contributed by atoms with Gasteiger partial charge in [0.1, 0.15) is 10.7 Å². The van der Waals surface area contributed by atoms with E-state index in [1.54, 1.807) is 0 Å². The summed E-state index contributed by atoms with van der Waals surface area (Å²) in [5.74, 6) is -1.46. The average molecular weight is 387 g/mol. The summed E-state index contributed by atoms with van der Waals surface area (Å²) in [6, 6.07) is 2.00. The molecule has 0 atom stereocenters. The molecule has 1 aliphatic rings. The van der Waals surface area contributed by atoms with Crippen molar-refractivity contribution in [2.24, 2.45) is 0 Å². The molecule has 1 heterocycles. The van der Waals surface area contributed by atoms with E-state index in [-0.39, 0.29) is 34.8 Å². The first-order valence-corrected chi connectivity index (χ1v) is 9.64. The fourth-order valence-electron chi connectivity index (χ4n) is 1.82. The Morgan fingerprint density at radius 1 is 1.25 bits per heavy atom. The highest BCUT2D eigenvalue weighted by Gasteiger charge is 2.33. The molecule has 1 aromatic rings. The molecule has 1 fully saturated rings. The van der Waals surface area contributed by atoms with E-state index in [2.05, 4.69) is 15.9 Å². The Morgan fingerprint density at radius 3 is 2.35 bits per heavy atom. The Bertz CT molecular complexity index is 735. The molecule has 1 aromatic carbocycles. The Hall–Kier alpha value is -0.710. The van der Waals surface area contributed by atoms with Crippen LogP contribution in [0.15, 0.2) is 21.5 Å². The molecule has 0 unspecified atom stereocenters. The van der Waals surface area contributed by atoms with Gasteiger partial charge in [0.15, 0.2) is 9.84 Å². The van der Waals surface area contributed by atoms with E-state index in [0.29, 0.717) is 0 Å². The van der Waals surface area contributed by atoms with Crippen LogP contribution in [0, 0.1) is 5.82 Å². The highest BCUT2D eigenvalue weighted by atomic mass is 79.9. The van der Waals surface area contributed by atoms with Crippen LogP contribution in [0.1, 0.15) is 0 Å². The van der Waals surface area contributed by atoms with Gasteiger partial charge in [-0.2, -0.15) is 4.31 Å². The number of rotatable bonds is 2. The predicted molar refractivity (Wildman–Crippen MR) is 75.9 cm³/mol. The van der Waals surface area contributed by atoms with Gasteiger partial charge in [0.2, 0.25) is 10.0 Å². The molecule has 0 saturated carbocycles. The number of hydrogen-bond donors (Lipinski definition) is 1. The van der Waals surface area contributed by atoms with Gasteiger partial charge in [-0.3, -0.25) is 0 Å². The van der Waals surface area contributed by atoms with E-state index in [1.165, 1.54) is 0 Å². The van der Waals surface area contributed by atoms with Crippen molar-refractivity contribution in [3.8, 4) is 0 Å². The molecule has 6 nitrogen and oxygen atoms in total. The monoisotopic (exact) mass is 386 g/mol. The average Bonchev–Trinajstić information content (AvgIpc) is 2.33. The first-order valence-electron chi connectivity index (χ1n) is 5.58. The van der Waals surface area contributed by atoms with Crippen molar-refractivity contribution >= 4 is 41.5 Å². The van der Waals surface area contributed by atoms with Crippen molar-refractivity contribution in [3.05, 3.63) is 22.4 Å². The molecule has 0 bridgehead atoms. The third kappa shape index (κ3) is 2.97. The number of nitrogens with two attached hydrogens (primary N) is 1. The number of sulfonamides is 1. The van der Waals surface area contributed by atoms with Crippen molar-refractivity contribution in [2.45, 2.75) is 4.90 Å². The number of halogens is 2. The van der Waals surface area contributed by atoms with Crippen molar-refractivity contribution in [1.82, 2.24) is 4.31 Å². The van der Waals surface area contributed by atoms with Crippen LogP contribution in [-0.2, 0) is 19.9 Å². The molecular formula is C10H12BrFN2O4S2. The molecule has 0 amide bonds. The number of nitrogens with zero attached hydrogens (tertiary/aromatic N) is 1. The van der Waals surface area contributed by atoms with E-state index >= 15 is 0 Å². The van der Waals surface area contributed by atoms with Crippen LogP contribution in [-0.4, -0.2) is 45.7 Å². The minimum atomic E-state index is -4.09. The van der Waals surface area contributed by atoms with Gasteiger partial charge >= 0.3 is 0 Å². The van der Waals surface area contributed by atoms with E-state index in [9.17, 15) is 21.2 Å². The second-order valence-corrected chi connectivity index (χ2v) is 9.42. The van der Waals surface area contributed by atoms with Crippen molar-refractivity contribution in [1.29, 1.82) is 0 Å². The fraction of sp³-hybridized carbons (Fsp3) is 0.400. The molecule has 2 N–H and O–H groups in total. The quantitative estimate of drug-likeness (QED) is 0.750. The largest absolute Gasteiger partial charge is 0.398 e. The second kappa shape index (κ2) is 5.24. The van der Waals surface area contributed by atoms with Crippen LogP contribution in [0.5, 0.6) is 0 Å². The summed E-state index contributed by atoms with van der Waals surface area (Å²) in [6.07, 6.45) is 0. The zero-order valence-electron chi connectivity index (χ0n) is 10.2. The third-order valence-electron chi connectivity index (χ3n) is 2.97. The number of sulfone groups is 1. The molecule has 20 heavy (non-hydrogen) atoms. The van der Waals surface area contributed by atoms with E-state index in [4.69, 9.17) is 5.73 Å². The number of nitrogen functional groups attached to an aromatic ring is 1. The second-order valence-electron chi connectivity index (χ2n) is 4.36. The van der Waals surface area contributed by atoms with Gasteiger partial charge in [-0.1, -0.05) is 0 Å². The van der Waals surface area contributed by atoms with E-state index in [1.807, 2.05) is 0 Å². The lowest BCUT2D eigenvalue weighted by molar-refractivity contribution is 0.426. The summed E-state index contributed by atoms with van der Waals surface area (Å²) in [4.78, 5) is -0.544. The van der Waals surface area contributed by atoms with Gasteiger partial charge in [0.05, 0.1) is 11.5 Å². The van der Waals surface area contributed by atoms with Gasteiger partial charge in [0.25, 0.3) is 0 Å². The van der Waals surface area contributed by atoms with Crippen LogP contribution in [0.3, 0.4) is 0 Å². The normalized spacial score (nSPS) is 19.9. The fourth-order valence-corrected chi connectivity index (χ4v) is 5.09. The molecule has 0 aliphatic carbocycles. The molecule has 0 spiro atoms. The zero-order chi connectivity index (χ0) is 15.1. The van der Waals surface area contributed by atoms with Crippen LogP contribution >= 0.6 is 15.9 Å². The summed E-state index contributed by atoms with van der Waals surface area (Å²) >= 11 is 3.01. The lowest BCUT2D eigenvalue weighted by atomic mass is 10.3. The maximum atomic E-state index is 13.8. The van der Waals surface area contributed by atoms with Gasteiger partial charge in [-0.15, -0.1) is 0 Å². The SMILES string of the molecule is Nc1cc(S(=O)(=O)N2CCS(=O)(=O)CC2)c(F)cc1Br. The molecule has 10 heteroatoms. The van der Waals surface area contributed by atoms with Crippen LogP contribution < -0.4 is 5.73 Å². The number of benzene rings is 1. The van der Waals surface area contributed by atoms with Gasteiger partial charge in [0, 0.05) is 23.2 Å². The first kappa shape index (κ1) is 15.7. The minimum Gasteiger partial charge on any atom is -0.398 e. The topological polar surface area (TPSA) is 97.5 Å². The summed E-state index contributed by atoms with van der Waals surface area (Å²) < 4.78 is 62.3. The van der Waals surface area contributed by atoms with Crippen LogP contribution in [0.25, 0.3) is 0 Å². The Balaban J connectivity index is 2.39. The summed E-state index contributed by atoms with van der Waals surface area (Å²) in [7, 11) is -7.30. The minimum absolute atomic E-state index is 0.0922. The maximum Gasteiger partial charge on any atom is 0.246 e. The van der Waals surface area contributed by atoms with Crippen molar-refractivity contribution < 1.29 is 21.2 Å².